The molecule has 3 unspecified atom stereocenters. The molecule has 0 amide bonds. The maximum atomic E-state index is 5.80. The molecule has 0 saturated heterocycles. The predicted octanol–water partition coefficient (Wildman–Crippen LogP) is 1.63. The van der Waals surface area contributed by atoms with Crippen molar-refractivity contribution < 1.29 is 4.74 Å². The van der Waals surface area contributed by atoms with Crippen molar-refractivity contribution in [3.05, 3.63) is 28.2 Å². The van der Waals surface area contributed by atoms with E-state index in [2.05, 4.69) is 22.0 Å². The van der Waals surface area contributed by atoms with Gasteiger partial charge in [0.25, 0.3) is 0 Å². The van der Waals surface area contributed by atoms with Crippen molar-refractivity contribution in [2.24, 2.45) is 5.73 Å². The van der Waals surface area contributed by atoms with Crippen LogP contribution in [0.5, 0.6) is 5.75 Å². The van der Waals surface area contributed by atoms with Crippen LogP contribution >= 0.6 is 15.9 Å². The lowest BCUT2D eigenvalue weighted by Gasteiger charge is -2.04. The second kappa shape index (κ2) is 2.03. The van der Waals surface area contributed by atoms with Crippen LogP contribution in [0.3, 0.4) is 0 Å². The molecule has 12 heavy (non-hydrogen) atoms. The Balaban J connectivity index is 2.12. The molecule has 3 atom stereocenters. The van der Waals surface area contributed by atoms with E-state index in [9.17, 15) is 0 Å². The summed E-state index contributed by atoms with van der Waals surface area (Å²) < 4.78 is 6.70. The molecule has 2 aliphatic rings. The highest BCUT2D eigenvalue weighted by Gasteiger charge is 2.56. The quantitative estimate of drug-likeness (QED) is 0.729. The molecule has 0 bridgehead atoms. The Morgan fingerprint density at radius 1 is 1.42 bits per heavy atom. The molecule has 0 radical (unpaired) electrons. The van der Waals surface area contributed by atoms with Gasteiger partial charge < -0.3 is 10.5 Å². The van der Waals surface area contributed by atoms with Gasteiger partial charge >= 0.3 is 0 Å². The van der Waals surface area contributed by atoms with E-state index in [-0.39, 0.29) is 12.1 Å². The Hall–Kier alpha value is -0.540. The maximum Gasteiger partial charge on any atom is 0.123 e. The zero-order valence-electron chi connectivity index (χ0n) is 6.33. The first kappa shape index (κ1) is 6.92. The monoisotopic (exact) mass is 225 g/mol. The standard InChI is InChI=1S/C9H8BrNO/c10-4-1-2-6-5(3-4)7-8(11)9(7)12-6/h1-3,7-9H,11H2. The fourth-order valence-corrected chi connectivity index (χ4v) is 2.25. The first-order valence-electron chi connectivity index (χ1n) is 3.99. The fourth-order valence-electron chi connectivity index (χ4n) is 1.88. The molecule has 1 aliphatic carbocycles. The molecule has 1 aromatic carbocycles. The zero-order chi connectivity index (χ0) is 8.29. The highest BCUT2D eigenvalue weighted by molar-refractivity contribution is 9.10. The molecule has 1 fully saturated rings. The third-order valence-corrected chi connectivity index (χ3v) is 3.09. The number of hydrogen-bond donors (Lipinski definition) is 1. The molecule has 3 heteroatoms. The van der Waals surface area contributed by atoms with Gasteiger partial charge in [0.2, 0.25) is 0 Å². The number of halogens is 1. The Labute approximate surface area is 78.8 Å². The molecule has 3 rings (SSSR count). The smallest absolute Gasteiger partial charge is 0.123 e. The van der Waals surface area contributed by atoms with Crippen LogP contribution in [0, 0.1) is 0 Å². The van der Waals surface area contributed by atoms with Crippen LogP contribution < -0.4 is 10.5 Å². The third kappa shape index (κ3) is 0.730. The molecule has 1 heterocycles. The lowest BCUT2D eigenvalue weighted by atomic mass is 10.1. The van der Waals surface area contributed by atoms with Crippen LogP contribution in [0.15, 0.2) is 22.7 Å². The van der Waals surface area contributed by atoms with Crippen molar-refractivity contribution in [2.75, 3.05) is 0 Å². The average molecular weight is 226 g/mol. The minimum atomic E-state index is 0.229. The molecule has 2 N–H and O–H groups in total. The maximum absolute atomic E-state index is 5.80. The Morgan fingerprint density at radius 2 is 2.25 bits per heavy atom. The van der Waals surface area contributed by atoms with Gasteiger partial charge in [0.05, 0.1) is 6.04 Å². The van der Waals surface area contributed by atoms with E-state index in [4.69, 9.17) is 10.5 Å². The molecule has 1 aliphatic heterocycles. The number of rotatable bonds is 0. The van der Waals surface area contributed by atoms with Gasteiger partial charge in [-0.3, -0.25) is 0 Å². The van der Waals surface area contributed by atoms with E-state index < -0.39 is 0 Å². The average Bonchev–Trinajstić information content (AvgIpc) is 2.55. The van der Waals surface area contributed by atoms with Gasteiger partial charge in [-0.2, -0.15) is 0 Å². The van der Waals surface area contributed by atoms with Gasteiger partial charge in [-0.25, -0.2) is 0 Å². The summed E-state index contributed by atoms with van der Waals surface area (Å²) in [5, 5.41) is 0. The highest BCUT2D eigenvalue weighted by Crippen LogP contribution is 2.52. The first-order chi connectivity index (χ1) is 5.77. The van der Waals surface area contributed by atoms with E-state index in [1.165, 1.54) is 5.56 Å². The van der Waals surface area contributed by atoms with Gasteiger partial charge in [-0.15, -0.1) is 0 Å². The second-order valence-electron chi connectivity index (χ2n) is 3.37. The van der Waals surface area contributed by atoms with Gasteiger partial charge in [0.1, 0.15) is 11.9 Å². The van der Waals surface area contributed by atoms with Crippen LogP contribution in [-0.4, -0.2) is 12.1 Å². The Morgan fingerprint density at radius 3 is 3.08 bits per heavy atom. The molecule has 1 saturated carbocycles. The zero-order valence-corrected chi connectivity index (χ0v) is 7.91. The van der Waals surface area contributed by atoms with Crippen molar-refractivity contribution in [1.29, 1.82) is 0 Å². The van der Waals surface area contributed by atoms with E-state index >= 15 is 0 Å². The first-order valence-corrected chi connectivity index (χ1v) is 4.78. The minimum absolute atomic E-state index is 0.229. The van der Waals surface area contributed by atoms with Crippen molar-refractivity contribution >= 4 is 15.9 Å². The van der Waals surface area contributed by atoms with E-state index in [1.54, 1.807) is 0 Å². The molecule has 1 aromatic rings. The summed E-state index contributed by atoms with van der Waals surface area (Å²) in [6, 6.07) is 6.33. The largest absolute Gasteiger partial charge is 0.488 e. The van der Waals surface area contributed by atoms with Crippen LogP contribution in [0.1, 0.15) is 11.5 Å². The molecule has 62 valence electrons. The van der Waals surface area contributed by atoms with Crippen LogP contribution in [0.2, 0.25) is 0 Å². The fraction of sp³-hybridized carbons (Fsp3) is 0.333. The molecular weight excluding hydrogens is 218 g/mol. The second-order valence-corrected chi connectivity index (χ2v) is 4.28. The third-order valence-electron chi connectivity index (χ3n) is 2.60. The van der Waals surface area contributed by atoms with E-state index in [0.29, 0.717) is 5.92 Å². The summed E-state index contributed by atoms with van der Waals surface area (Å²) in [7, 11) is 0. The Kier molecular flexibility index (Phi) is 1.17. The van der Waals surface area contributed by atoms with Crippen LogP contribution in [0.4, 0.5) is 0 Å². The number of nitrogens with two attached hydrogens (primary N) is 1. The van der Waals surface area contributed by atoms with Gasteiger partial charge in [0, 0.05) is 16.0 Å². The summed E-state index contributed by atoms with van der Waals surface area (Å²) in [5.41, 5.74) is 7.06. The van der Waals surface area contributed by atoms with Crippen LogP contribution in [0.25, 0.3) is 0 Å². The predicted molar refractivity (Wildman–Crippen MR) is 49.3 cm³/mol. The van der Waals surface area contributed by atoms with E-state index in [1.807, 2.05) is 12.1 Å². The summed E-state index contributed by atoms with van der Waals surface area (Å²) in [6.45, 7) is 0. The summed E-state index contributed by atoms with van der Waals surface area (Å²) in [5.74, 6) is 1.47. The van der Waals surface area contributed by atoms with Crippen molar-refractivity contribution in [1.82, 2.24) is 0 Å². The van der Waals surface area contributed by atoms with Crippen molar-refractivity contribution in [3.63, 3.8) is 0 Å². The summed E-state index contributed by atoms with van der Waals surface area (Å²) >= 11 is 3.43. The van der Waals surface area contributed by atoms with Crippen molar-refractivity contribution in [2.45, 2.75) is 18.1 Å². The molecule has 0 aromatic heterocycles. The minimum Gasteiger partial charge on any atom is -0.488 e. The topological polar surface area (TPSA) is 35.2 Å². The van der Waals surface area contributed by atoms with Crippen LogP contribution in [-0.2, 0) is 0 Å². The van der Waals surface area contributed by atoms with Gasteiger partial charge in [0.15, 0.2) is 0 Å². The van der Waals surface area contributed by atoms with Gasteiger partial charge in [-0.1, -0.05) is 15.9 Å². The summed E-state index contributed by atoms with van der Waals surface area (Å²) in [4.78, 5) is 0. The number of ether oxygens (including phenoxy) is 1. The number of hydrogen-bond acceptors (Lipinski definition) is 2. The van der Waals surface area contributed by atoms with Gasteiger partial charge in [-0.05, 0) is 18.2 Å². The summed E-state index contributed by atoms with van der Waals surface area (Å²) in [6.07, 6.45) is 0.259. The number of fused-ring (bicyclic) bond motifs is 3. The lowest BCUT2D eigenvalue weighted by Crippen LogP contribution is -2.12. The van der Waals surface area contributed by atoms with E-state index in [0.717, 1.165) is 10.2 Å². The molecular formula is C9H8BrNO. The molecule has 2 nitrogen and oxygen atoms in total. The number of benzene rings is 1. The normalized spacial score (nSPS) is 35.3. The lowest BCUT2D eigenvalue weighted by molar-refractivity contribution is 0.310. The molecule has 0 spiro atoms. The SMILES string of the molecule is NC1C2Oc3ccc(Br)cc3C12. The highest BCUT2D eigenvalue weighted by atomic mass is 79.9. The Bertz CT molecular complexity index is 352. The van der Waals surface area contributed by atoms with Crippen molar-refractivity contribution in [3.8, 4) is 5.75 Å².